The number of aromatic nitrogens is 1. The first-order valence-corrected chi connectivity index (χ1v) is 14.5. The van der Waals surface area contributed by atoms with Crippen LogP contribution in [0.2, 0.25) is 0 Å². The van der Waals surface area contributed by atoms with Crippen LogP contribution in [0.1, 0.15) is 29.0 Å². The van der Waals surface area contributed by atoms with Crippen molar-refractivity contribution < 1.29 is 4.42 Å². The van der Waals surface area contributed by atoms with Crippen molar-refractivity contribution in [2.75, 3.05) is 0 Å². The minimum Gasteiger partial charge on any atom is -0.456 e. The van der Waals surface area contributed by atoms with Crippen LogP contribution in [0.15, 0.2) is 138 Å². The lowest BCUT2D eigenvalue weighted by Crippen LogP contribution is -2.03. The van der Waals surface area contributed by atoms with Gasteiger partial charge in [0.05, 0.1) is 11.0 Å². The van der Waals surface area contributed by atoms with Crippen LogP contribution >= 0.6 is 0 Å². The Balaban J connectivity index is 1.42. The molecule has 0 radical (unpaired) electrons. The summed E-state index contributed by atoms with van der Waals surface area (Å²) in [6.45, 7) is 0. The van der Waals surface area contributed by atoms with Gasteiger partial charge in [-0.15, -0.1) is 0 Å². The summed E-state index contributed by atoms with van der Waals surface area (Å²) in [5.74, 6) is 0.326. The zero-order valence-electron chi connectivity index (χ0n) is 22.5. The van der Waals surface area contributed by atoms with E-state index in [4.69, 9.17) is 4.42 Å². The van der Waals surface area contributed by atoms with Gasteiger partial charge < -0.3 is 8.98 Å². The van der Waals surface area contributed by atoms with Gasteiger partial charge in [0.2, 0.25) is 0 Å². The summed E-state index contributed by atoms with van der Waals surface area (Å²) in [5, 5.41) is 4.86. The number of furan rings is 1. The van der Waals surface area contributed by atoms with Crippen molar-refractivity contribution in [3.63, 3.8) is 0 Å². The minimum atomic E-state index is 0.326. The molecule has 1 unspecified atom stereocenters. The minimum absolute atomic E-state index is 0.326. The fraction of sp³-hybridized carbons (Fsp3) is 0.0769. The number of hydrogen-bond donors (Lipinski definition) is 0. The molecule has 0 N–H and O–H groups in total. The fourth-order valence-corrected chi connectivity index (χ4v) is 7.24. The van der Waals surface area contributed by atoms with E-state index in [1.165, 1.54) is 49.6 Å². The molecular weight excluding hydrogens is 498 g/mol. The Morgan fingerprint density at radius 2 is 1.32 bits per heavy atom. The Kier molecular flexibility index (Phi) is 4.82. The van der Waals surface area contributed by atoms with Crippen molar-refractivity contribution in [3.8, 4) is 16.8 Å². The van der Waals surface area contributed by atoms with Crippen molar-refractivity contribution in [1.82, 2.24) is 4.57 Å². The van der Waals surface area contributed by atoms with E-state index in [-0.39, 0.29) is 0 Å². The Morgan fingerprint density at radius 3 is 2.24 bits per heavy atom. The summed E-state index contributed by atoms with van der Waals surface area (Å²) in [4.78, 5) is 0. The molecule has 2 heteroatoms. The number of benzene rings is 6. The third kappa shape index (κ3) is 3.31. The third-order valence-corrected chi connectivity index (χ3v) is 9.06. The van der Waals surface area contributed by atoms with Gasteiger partial charge in [-0.25, -0.2) is 0 Å². The van der Waals surface area contributed by atoms with E-state index in [0.717, 1.165) is 40.5 Å². The zero-order valence-corrected chi connectivity index (χ0v) is 22.5. The van der Waals surface area contributed by atoms with Crippen molar-refractivity contribution in [3.05, 3.63) is 150 Å². The summed E-state index contributed by atoms with van der Waals surface area (Å²) in [6.07, 6.45) is 2.14. The summed E-state index contributed by atoms with van der Waals surface area (Å²) >= 11 is 0. The van der Waals surface area contributed by atoms with Crippen LogP contribution in [0.5, 0.6) is 0 Å². The molecule has 2 heterocycles. The molecule has 8 aromatic rings. The number of hydrogen-bond acceptors (Lipinski definition) is 1. The van der Waals surface area contributed by atoms with Crippen LogP contribution in [0, 0.1) is 0 Å². The first-order valence-electron chi connectivity index (χ1n) is 14.5. The van der Waals surface area contributed by atoms with Gasteiger partial charge in [0.25, 0.3) is 0 Å². The third-order valence-electron chi connectivity index (χ3n) is 9.06. The molecule has 2 aromatic heterocycles. The van der Waals surface area contributed by atoms with Gasteiger partial charge in [0, 0.05) is 44.8 Å². The summed E-state index contributed by atoms with van der Waals surface area (Å²) < 4.78 is 8.84. The number of para-hydroxylation sites is 2. The molecule has 1 aliphatic rings. The molecule has 0 saturated heterocycles. The Bertz CT molecular complexity index is 2270. The number of rotatable bonds is 2. The largest absolute Gasteiger partial charge is 0.456 e. The highest BCUT2D eigenvalue weighted by Crippen LogP contribution is 2.47. The van der Waals surface area contributed by atoms with Crippen LogP contribution in [-0.2, 0) is 6.42 Å². The second-order valence-electron chi connectivity index (χ2n) is 11.2. The maximum absolute atomic E-state index is 6.37. The lowest BCUT2D eigenvalue weighted by atomic mass is 9.85. The maximum atomic E-state index is 6.37. The van der Waals surface area contributed by atoms with Crippen molar-refractivity contribution >= 4 is 43.7 Å². The molecule has 0 spiro atoms. The fourth-order valence-electron chi connectivity index (χ4n) is 7.24. The molecule has 2 nitrogen and oxygen atoms in total. The molecule has 9 rings (SSSR count). The maximum Gasteiger partial charge on any atom is 0.137 e. The average Bonchev–Trinajstić information content (AvgIpc) is 3.51. The Morgan fingerprint density at radius 1 is 0.585 bits per heavy atom. The lowest BCUT2D eigenvalue weighted by molar-refractivity contribution is 0.668. The normalized spacial score (nSPS) is 14.9. The monoisotopic (exact) mass is 525 g/mol. The van der Waals surface area contributed by atoms with Gasteiger partial charge >= 0.3 is 0 Å². The summed E-state index contributed by atoms with van der Waals surface area (Å²) in [7, 11) is 0. The van der Waals surface area contributed by atoms with Crippen molar-refractivity contribution in [1.29, 1.82) is 0 Å². The molecule has 194 valence electrons. The first-order chi connectivity index (χ1) is 20.3. The van der Waals surface area contributed by atoms with Gasteiger partial charge in [0.15, 0.2) is 0 Å². The number of nitrogens with zero attached hydrogens (tertiary/aromatic N) is 1. The second kappa shape index (κ2) is 8.71. The van der Waals surface area contributed by atoms with Gasteiger partial charge in [-0.3, -0.25) is 0 Å². The van der Waals surface area contributed by atoms with Gasteiger partial charge in [0.1, 0.15) is 11.2 Å². The standard InChI is InChI=1S/C39H27NO/c1-2-10-25(11-3-1)28-20-18-26-12-4-5-13-29(26)38-33(28)22-23-34-30-14-6-8-16-35(30)40(39(34)38)27-19-21-32-31-15-7-9-17-36(31)41-37(32)24-27/h1-17,19,21-24,28H,18,20H2. The van der Waals surface area contributed by atoms with E-state index < -0.39 is 0 Å². The Hall–Kier alpha value is -5.08. The molecule has 1 atom stereocenters. The number of fused-ring (bicyclic) bond motifs is 10. The molecule has 0 amide bonds. The molecule has 6 aromatic carbocycles. The van der Waals surface area contributed by atoms with E-state index in [1.807, 2.05) is 6.07 Å². The van der Waals surface area contributed by atoms with Crippen LogP contribution in [0.25, 0.3) is 60.6 Å². The second-order valence-corrected chi connectivity index (χ2v) is 11.2. The van der Waals surface area contributed by atoms with Crippen LogP contribution in [-0.4, -0.2) is 4.57 Å². The van der Waals surface area contributed by atoms with E-state index in [1.54, 1.807) is 0 Å². The average molecular weight is 526 g/mol. The Labute approximate surface area is 238 Å². The molecular formula is C39H27NO. The predicted octanol–water partition coefficient (Wildman–Crippen LogP) is 10.4. The first kappa shape index (κ1) is 22.7. The van der Waals surface area contributed by atoms with Crippen LogP contribution < -0.4 is 0 Å². The van der Waals surface area contributed by atoms with Crippen molar-refractivity contribution in [2.45, 2.75) is 18.8 Å². The molecule has 41 heavy (non-hydrogen) atoms. The number of aryl methyl sites for hydroxylation is 1. The highest BCUT2D eigenvalue weighted by atomic mass is 16.3. The van der Waals surface area contributed by atoms with Crippen molar-refractivity contribution in [2.24, 2.45) is 0 Å². The molecule has 0 aliphatic heterocycles. The van der Waals surface area contributed by atoms with Gasteiger partial charge in [-0.2, -0.15) is 0 Å². The molecule has 0 fully saturated rings. The highest BCUT2D eigenvalue weighted by Gasteiger charge is 2.28. The zero-order chi connectivity index (χ0) is 26.9. The molecule has 0 saturated carbocycles. The highest BCUT2D eigenvalue weighted by molar-refractivity contribution is 6.15. The van der Waals surface area contributed by atoms with Gasteiger partial charge in [-0.1, -0.05) is 103 Å². The van der Waals surface area contributed by atoms with E-state index in [0.29, 0.717) is 5.92 Å². The molecule has 0 bridgehead atoms. The van der Waals surface area contributed by atoms with E-state index >= 15 is 0 Å². The van der Waals surface area contributed by atoms with Gasteiger partial charge in [-0.05, 0) is 59.4 Å². The quantitative estimate of drug-likeness (QED) is 0.219. The lowest BCUT2D eigenvalue weighted by Gasteiger charge is -2.20. The van der Waals surface area contributed by atoms with E-state index in [9.17, 15) is 0 Å². The van der Waals surface area contributed by atoms with E-state index in [2.05, 4.69) is 132 Å². The molecule has 1 aliphatic carbocycles. The summed E-state index contributed by atoms with van der Waals surface area (Å²) in [5.41, 5.74) is 12.4. The smallest absolute Gasteiger partial charge is 0.137 e. The SMILES string of the molecule is c1ccc(C2CCc3ccccc3-c3c2ccc2c4ccccc4n(-c4ccc5c(c4)oc4ccccc45)c32)cc1. The van der Waals surface area contributed by atoms with Crippen LogP contribution in [0.3, 0.4) is 0 Å². The van der Waals surface area contributed by atoms with Crippen LogP contribution in [0.4, 0.5) is 0 Å². The topological polar surface area (TPSA) is 18.1 Å². The summed E-state index contributed by atoms with van der Waals surface area (Å²) in [6, 6.07) is 48.6. The predicted molar refractivity (Wildman–Crippen MR) is 170 cm³/mol.